The van der Waals surface area contributed by atoms with Gasteiger partial charge in [-0.05, 0) is 73.2 Å². The highest BCUT2D eigenvalue weighted by molar-refractivity contribution is 6.01. The number of alkyl halides is 1. The van der Waals surface area contributed by atoms with Gasteiger partial charge >= 0.3 is 6.01 Å². The maximum Gasteiger partial charge on any atom is 0.319 e. The Balaban J connectivity index is 1.37. The molecule has 3 saturated heterocycles. The first-order chi connectivity index (χ1) is 21.3. The Morgan fingerprint density at radius 2 is 1.98 bits per heavy atom. The lowest BCUT2D eigenvalue weighted by molar-refractivity contribution is 0.0890. The van der Waals surface area contributed by atoms with Crippen LogP contribution in [-0.4, -0.2) is 82.7 Å². The summed E-state index contributed by atoms with van der Waals surface area (Å²) in [6, 6.07) is 5.86. The molecule has 0 bridgehead atoms. The molecule has 8 nitrogen and oxygen atoms in total. The topological polar surface area (TPSA) is 83.8 Å². The van der Waals surface area contributed by atoms with E-state index in [-0.39, 0.29) is 41.2 Å². The molecule has 3 atom stereocenters. The Bertz CT molecular complexity index is 1740. The fourth-order valence-corrected chi connectivity index (χ4v) is 7.52. The number of methoxy groups -OCH3 is 1. The highest BCUT2D eigenvalue weighted by atomic mass is 19.1. The summed E-state index contributed by atoms with van der Waals surface area (Å²) in [7, 11) is 1.67. The number of aromatic nitrogens is 3. The van der Waals surface area contributed by atoms with Crippen molar-refractivity contribution in [3.05, 3.63) is 47.7 Å². The molecule has 3 fully saturated rings. The third kappa shape index (κ3) is 4.90. The molecule has 1 N–H and O–H groups in total. The molecule has 44 heavy (non-hydrogen) atoms. The Hall–Kier alpha value is -3.70. The number of halogens is 3. The van der Waals surface area contributed by atoms with Crippen LogP contribution < -0.4 is 9.64 Å². The molecule has 4 aromatic rings. The van der Waals surface area contributed by atoms with Gasteiger partial charge in [-0.25, -0.2) is 13.2 Å². The van der Waals surface area contributed by atoms with Gasteiger partial charge in [-0.15, -0.1) is 0 Å². The van der Waals surface area contributed by atoms with E-state index in [1.165, 1.54) is 24.4 Å². The molecule has 0 aliphatic carbocycles. The number of rotatable bonds is 7. The van der Waals surface area contributed by atoms with Gasteiger partial charge in [0.05, 0.1) is 17.0 Å². The number of fused-ring (bicyclic) bond motifs is 3. The smallest absolute Gasteiger partial charge is 0.319 e. The Labute approximate surface area is 253 Å². The summed E-state index contributed by atoms with van der Waals surface area (Å²) in [6.45, 7) is 4.49. The Kier molecular flexibility index (Phi) is 7.48. The molecule has 3 aliphatic rings. The molecule has 3 aliphatic heterocycles. The van der Waals surface area contributed by atoms with Crippen LogP contribution in [-0.2, 0) is 11.2 Å². The average Bonchev–Trinajstić information content (AvgIpc) is 3.55. The zero-order valence-electron chi connectivity index (χ0n) is 25.0. The zero-order chi connectivity index (χ0) is 30.6. The minimum Gasteiger partial charge on any atom is -0.508 e. The number of ether oxygens (including phenoxy) is 2. The molecule has 2 aromatic carbocycles. The molecule has 1 unspecified atom stereocenters. The number of piperidine rings is 1. The maximum absolute atomic E-state index is 16.7. The summed E-state index contributed by atoms with van der Waals surface area (Å²) < 4.78 is 57.9. The minimum absolute atomic E-state index is 0.00711. The number of anilines is 1. The summed E-state index contributed by atoms with van der Waals surface area (Å²) in [4.78, 5) is 18.0. The van der Waals surface area contributed by atoms with Gasteiger partial charge in [-0.3, -0.25) is 9.88 Å². The highest BCUT2D eigenvalue weighted by Crippen LogP contribution is 2.42. The number of hydrogen-bond donors (Lipinski definition) is 1. The molecule has 0 radical (unpaired) electrons. The van der Waals surface area contributed by atoms with E-state index in [1.807, 2.05) is 11.8 Å². The van der Waals surface area contributed by atoms with E-state index < -0.39 is 23.3 Å². The quantitative estimate of drug-likeness (QED) is 0.276. The number of benzene rings is 2. The van der Waals surface area contributed by atoms with Crippen LogP contribution in [0.3, 0.4) is 0 Å². The number of aromatic hydroxyl groups is 1. The number of pyridine rings is 1. The third-order valence-electron chi connectivity index (χ3n) is 9.65. The number of phenols is 1. The van der Waals surface area contributed by atoms with Gasteiger partial charge in [-0.1, -0.05) is 13.0 Å². The van der Waals surface area contributed by atoms with Gasteiger partial charge < -0.3 is 19.5 Å². The molecular weight excluding hydrogens is 571 g/mol. The van der Waals surface area contributed by atoms with E-state index in [1.54, 1.807) is 13.2 Å². The number of hydrogen-bond acceptors (Lipinski definition) is 8. The van der Waals surface area contributed by atoms with Crippen molar-refractivity contribution in [3.63, 3.8) is 0 Å². The molecule has 0 saturated carbocycles. The van der Waals surface area contributed by atoms with Gasteiger partial charge in [0.1, 0.15) is 41.4 Å². The van der Waals surface area contributed by atoms with E-state index in [2.05, 4.69) is 14.9 Å². The van der Waals surface area contributed by atoms with Crippen LogP contribution in [0, 0.1) is 11.6 Å². The normalized spacial score (nSPS) is 24.0. The molecular formula is C33H36F3N5O3. The van der Waals surface area contributed by atoms with E-state index in [4.69, 9.17) is 14.5 Å². The van der Waals surface area contributed by atoms with Gasteiger partial charge in [0.2, 0.25) is 0 Å². The van der Waals surface area contributed by atoms with Crippen LogP contribution >= 0.6 is 0 Å². The summed E-state index contributed by atoms with van der Waals surface area (Å²) >= 11 is 0. The average molecular weight is 608 g/mol. The van der Waals surface area contributed by atoms with Crippen molar-refractivity contribution in [2.45, 2.75) is 63.3 Å². The minimum atomic E-state index is -0.910. The van der Waals surface area contributed by atoms with Crippen LogP contribution in [0.15, 0.2) is 30.5 Å². The second kappa shape index (κ2) is 11.3. The van der Waals surface area contributed by atoms with Crippen molar-refractivity contribution in [3.8, 4) is 23.0 Å². The summed E-state index contributed by atoms with van der Waals surface area (Å²) in [5.74, 6) is -0.730. The third-order valence-corrected chi connectivity index (χ3v) is 9.65. The lowest BCUT2D eigenvalue weighted by Crippen LogP contribution is -2.43. The van der Waals surface area contributed by atoms with Gasteiger partial charge in [-0.2, -0.15) is 9.97 Å². The largest absolute Gasteiger partial charge is 0.508 e. The number of aryl methyl sites for hydroxylation is 1. The fraction of sp³-hybridized carbons (Fsp3) is 0.485. The second-order valence-corrected chi connectivity index (χ2v) is 12.3. The fourth-order valence-electron chi connectivity index (χ4n) is 7.52. The molecule has 5 heterocycles. The van der Waals surface area contributed by atoms with Crippen LogP contribution in [0.5, 0.6) is 11.8 Å². The zero-order valence-corrected chi connectivity index (χ0v) is 25.0. The van der Waals surface area contributed by atoms with Crippen LogP contribution in [0.1, 0.15) is 44.6 Å². The highest BCUT2D eigenvalue weighted by Gasteiger charge is 2.49. The van der Waals surface area contributed by atoms with Crippen molar-refractivity contribution < 1.29 is 27.8 Å². The standard InChI is InChI=1S/C33H36F3N5O3/c1-3-23-26(35)8-7-19-12-21(42)13-24(27(19)23)29-28(36)30-25(15-37-29)31(40-10-4-6-22(17-40)43-2)39-32(38-30)44-18-33-9-5-11-41(33)16-20(34)14-33/h7-8,12-13,15,20,22,42H,3-6,9-11,14,16-18H2,1-2H3/t20-,22-,33?/m1/s1. The van der Waals surface area contributed by atoms with Gasteiger partial charge in [0, 0.05) is 44.9 Å². The van der Waals surface area contributed by atoms with Gasteiger partial charge in [0.15, 0.2) is 5.82 Å². The molecule has 11 heteroatoms. The second-order valence-electron chi connectivity index (χ2n) is 12.3. The molecule has 7 rings (SSSR count). The number of phenolic OH excluding ortho intramolecular Hbond substituents is 1. The molecule has 232 valence electrons. The monoisotopic (exact) mass is 607 g/mol. The van der Waals surface area contributed by atoms with E-state index >= 15 is 4.39 Å². The lowest BCUT2D eigenvalue weighted by Gasteiger charge is -2.34. The SMILES string of the molecule is CCc1c(F)ccc2cc(O)cc(-c3ncc4c(N5CCC[C@@H](OC)C5)nc(OCC56CCCN5C[C@H](F)C6)nc4c3F)c12. The van der Waals surface area contributed by atoms with Crippen molar-refractivity contribution in [2.24, 2.45) is 0 Å². The van der Waals surface area contributed by atoms with Crippen molar-refractivity contribution >= 4 is 27.5 Å². The van der Waals surface area contributed by atoms with E-state index in [9.17, 15) is 13.9 Å². The first-order valence-electron chi connectivity index (χ1n) is 15.4. The Morgan fingerprint density at radius 3 is 2.80 bits per heavy atom. The van der Waals surface area contributed by atoms with Crippen molar-refractivity contribution in [1.82, 2.24) is 19.9 Å². The van der Waals surface area contributed by atoms with Crippen molar-refractivity contribution in [1.29, 1.82) is 0 Å². The summed E-state index contributed by atoms with van der Waals surface area (Å²) in [6.07, 6.45) is 4.92. The van der Waals surface area contributed by atoms with Crippen LogP contribution in [0.25, 0.3) is 32.9 Å². The lowest BCUT2D eigenvalue weighted by atomic mass is 9.94. The summed E-state index contributed by atoms with van der Waals surface area (Å²) in [5, 5.41) is 12.0. The number of nitrogens with zero attached hydrogens (tertiary/aromatic N) is 5. The van der Waals surface area contributed by atoms with Crippen LogP contribution in [0.2, 0.25) is 0 Å². The molecule has 0 spiro atoms. The molecule has 2 aromatic heterocycles. The van der Waals surface area contributed by atoms with E-state index in [0.29, 0.717) is 60.0 Å². The van der Waals surface area contributed by atoms with E-state index in [0.717, 1.165) is 32.2 Å². The summed E-state index contributed by atoms with van der Waals surface area (Å²) in [5.41, 5.74) is 0.215. The van der Waals surface area contributed by atoms with Crippen LogP contribution in [0.4, 0.5) is 19.0 Å². The first-order valence-corrected chi connectivity index (χ1v) is 15.4. The predicted molar refractivity (Wildman–Crippen MR) is 162 cm³/mol. The molecule has 0 amide bonds. The first kappa shape index (κ1) is 29.0. The van der Waals surface area contributed by atoms with Crippen molar-refractivity contribution in [2.75, 3.05) is 44.8 Å². The Morgan fingerprint density at radius 1 is 1.11 bits per heavy atom. The maximum atomic E-state index is 16.7. The van der Waals surface area contributed by atoms with Gasteiger partial charge in [0.25, 0.3) is 0 Å². The predicted octanol–water partition coefficient (Wildman–Crippen LogP) is 5.96.